The highest BCUT2D eigenvalue weighted by Crippen LogP contribution is 2.15. The van der Waals surface area contributed by atoms with Crippen molar-refractivity contribution >= 4 is 35.2 Å². The number of nitrogens with zero attached hydrogens (tertiary/aromatic N) is 1. The molecule has 2 rings (SSSR count). The van der Waals surface area contributed by atoms with Gasteiger partial charge in [-0.1, -0.05) is 23.4 Å². The zero-order chi connectivity index (χ0) is 19.6. The number of esters is 1. The van der Waals surface area contributed by atoms with Crippen LogP contribution in [-0.2, 0) is 20.7 Å². The molecule has 8 nitrogen and oxygen atoms in total. The van der Waals surface area contributed by atoms with Gasteiger partial charge in [-0.2, -0.15) is 0 Å². The lowest BCUT2D eigenvalue weighted by Crippen LogP contribution is -2.29. The lowest BCUT2D eigenvalue weighted by Gasteiger charge is -2.08. The molecule has 1 aromatic carbocycles. The van der Waals surface area contributed by atoms with Gasteiger partial charge in [0.05, 0.1) is 31.5 Å². The van der Waals surface area contributed by atoms with Gasteiger partial charge in [-0.05, 0) is 24.3 Å². The van der Waals surface area contributed by atoms with Crippen LogP contribution in [0.25, 0.3) is 0 Å². The van der Waals surface area contributed by atoms with Crippen molar-refractivity contribution in [2.45, 2.75) is 11.6 Å². The second-order valence-corrected chi connectivity index (χ2v) is 6.64. The predicted octanol–water partition coefficient (Wildman–Crippen LogP) is 1.43. The summed E-state index contributed by atoms with van der Waals surface area (Å²) in [6, 6.07) is 8.13. The lowest BCUT2D eigenvalue weighted by atomic mass is 10.3. The monoisotopic (exact) mass is 411 g/mol. The molecule has 1 amide bonds. The summed E-state index contributed by atoms with van der Waals surface area (Å²) in [4.78, 5) is 41.4. The van der Waals surface area contributed by atoms with E-state index in [9.17, 15) is 14.4 Å². The molecular weight excluding hydrogens is 394 g/mol. The van der Waals surface area contributed by atoms with E-state index in [0.717, 1.165) is 11.8 Å². The van der Waals surface area contributed by atoms with E-state index in [0.29, 0.717) is 23.9 Å². The van der Waals surface area contributed by atoms with Crippen LogP contribution in [0.15, 0.2) is 40.3 Å². The van der Waals surface area contributed by atoms with Gasteiger partial charge in [0.15, 0.2) is 5.16 Å². The van der Waals surface area contributed by atoms with Gasteiger partial charge in [-0.15, -0.1) is 0 Å². The van der Waals surface area contributed by atoms with Crippen LogP contribution in [0.4, 0.5) is 0 Å². The van der Waals surface area contributed by atoms with Gasteiger partial charge in [0.2, 0.25) is 5.91 Å². The molecule has 1 aromatic heterocycles. The second kappa shape index (κ2) is 10.6. The Morgan fingerprint density at radius 2 is 2.04 bits per heavy atom. The SMILES string of the molecule is COC(=O)Cc1cc(=O)[nH]c(SCC(=O)NCCOc2ccc(Cl)cc2)n1. The number of thioether (sulfide) groups is 1. The van der Waals surface area contributed by atoms with E-state index in [1.54, 1.807) is 24.3 Å². The first-order chi connectivity index (χ1) is 13.0. The molecule has 0 aliphatic rings. The quantitative estimate of drug-likeness (QED) is 0.278. The first-order valence-electron chi connectivity index (χ1n) is 7.91. The summed E-state index contributed by atoms with van der Waals surface area (Å²) in [5.74, 6) is -0.0126. The minimum absolute atomic E-state index is 0.0611. The second-order valence-electron chi connectivity index (χ2n) is 5.24. The summed E-state index contributed by atoms with van der Waals surface area (Å²) in [6.07, 6.45) is -0.109. The van der Waals surface area contributed by atoms with Crippen molar-refractivity contribution in [2.75, 3.05) is 26.0 Å². The summed E-state index contributed by atoms with van der Waals surface area (Å²) in [7, 11) is 1.26. The largest absolute Gasteiger partial charge is 0.492 e. The molecule has 1 heterocycles. The van der Waals surface area contributed by atoms with Crippen molar-refractivity contribution in [1.82, 2.24) is 15.3 Å². The Bertz CT molecular complexity index is 841. The standard InChI is InChI=1S/C17H18ClN3O5S/c1-25-16(24)9-12-8-14(22)21-17(20-12)27-10-15(23)19-6-7-26-13-4-2-11(18)3-5-13/h2-5,8H,6-7,9-10H2,1H3,(H,19,23)(H,20,21,22). The van der Waals surface area contributed by atoms with E-state index in [-0.39, 0.29) is 28.9 Å². The molecule has 0 saturated heterocycles. The van der Waals surface area contributed by atoms with Crippen molar-refractivity contribution in [3.8, 4) is 5.75 Å². The molecular formula is C17H18ClN3O5S. The Morgan fingerprint density at radius 3 is 2.74 bits per heavy atom. The molecule has 0 fully saturated rings. The average molecular weight is 412 g/mol. The number of amides is 1. The summed E-state index contributed by atoms with van der Waals surface area (Å²) in [6.45, 7) is 0.635. The van der Waals surface area contributed by atoms with Crippen molar-refractivity contribution in [1.29, 1.82) is 0 Å². The van der Waals surface area contributed by atoms with Crippen molar-refractivity contribution in [3.05, 3.63) is 51.4 Å². The van der Waals surface area contributed by atoms with E-state index in [2.05, 4.69) is 20.0 Å². The Morgan fingerprint density at radius 1 is 1.30 bits per heavy atom. The van der Waals surface area contributed by atoms with E-state index < -0.39 is 11.5 Å². The fourth-order valence-corrected chi connectivity index (χ4v) is 2.79. The van der Waals surface area contributed by atoms with Gasteiger partial charge >= 0.3 is 5.97 Å². The van der Waals surface area contributed by atoms with Gasteiger partial charge in [0.25, 0.3) is 5.56 Å². The third kappa shape index (κ3) is 7.71. The number of hydrogen-bond acceptors (Lipinski definition) is 7. The summed E-state index contributed by atoms with van der Waals surface area (Å²) < 4.78 is 10.0. The zero-order valence-electron chi connectivity index (χ0n) is 14.5. The number of hydrogen-bond donors (Lipinski definition) is 2. The fourth-order valence-electron chi connectivity index (χ4n) is 1.94. The van der Waals surface area contributed by atoms with E-state index in [4.69, 9.17) is 16.3 Å². The van der Waals surface area contributed by atoms with Gasteiger partial charge in [-0.3, -0.25) is 14.4 Å². The highest BCUT2D eigenvalue weighted by molar-refractivity contribution is 7.99. The van der Waals surface area contributed by atoms with Gasteiger partial charge in [-0.25, -0.2) is 4.98 Å². The smallest absolute Gasteiger partial charge is 0.311 e. The van der Waals surface area contributed by atoms with E-state index in [1.165, 1.54) is 13.2 Å². The van der Waals surface area contributed by atoms with Crippen molar-refractivity contribution < 1.29 is 19.1 Å². The number of carbonyl (C=O) groups is 2. The van der Waals surface area contributed by atoms with Crippen LogP contribution in [-0.4, -0.2) is 47.9 Å². The Kier molecular flexibility index (Phi) is 8.15. The molecule has 0 unspecified atom stereocenters. The van der Waals surface area contributed by atoms with Gasteiger partial charge < -0.3 is 19.8 Å². The van der Waals surface area contributed by atoms with Gasteiger partial charge in [0.1, 0.15) is 12.4 Å². The van der Waals surface area contributed by atoms with Crippen LogP contribution in [0.2, 0.25) is 5.02 Å². The molecule has 0 radical (unpaired) electrons. The molecule has 2 N–H and O–H groups in total. The molecule has 0 saturated carbocycles. The van der Waals surface area contributed by atoms with Crippen LogP contribution < -0.4 is 15.6 Å². The first-order valence-corrected chi connectivity index (χ1v) is 9.27. The van der Waals surface area contributed by atoms with Crippen LogP contribution in [0, 0.1) is 0 Å². The normalized spacial score (nSPS) is 10.3. The topological polar surface area (TPSA) is 110 Å². The Balaban J connectivity index is 1.74. The average Bonchev–Trinajstić information content (AvgIpc) is 2.64. The number of aromatic amines is 1. The Hall–Kier alpha value is -2.52. The number of benzene rings is 1. The number of methoxy groups -OCH3 is 1. The van der Waals surface area contributed by atoms with Gasteiger partial charge in [0, 0.05) is 11.1 Å². The highest BCUT2D eigenvalue weighted by Gasteiger charge is 2.09. The molecule has 0 aliphatic heterocycles. The number of H-pyrrole nitrogens is 1. The third-order valence-corrected chi connectivity index (χ3v) is 4.30. The van der Waals surface area contributed by atoms with Crippen LogP contribution in [0.1, 0.15) is 5.69 Å². The zero-order valence-corrected chi connectivity index (χ0v) is 16.1. The Labute approximate surface area is 164 Å². The molecule has 10 heteroatoms. The molecule has 27 heavy (non-hydrogen) atoms. The summed E-state index contributed by atoms with van der Waals surface area (Å²) in [5.41, 5.74) is -0.118. The number of nitrogens with one attached hydrogen (secondary N) is 2. The van der Waals surface area contributed by atoms with E-state index >= 15 is 0 Å². The summed E-state index contributed by atoms with van der Waals surface area (Å²) >= 11 is 6.85. The molecule has 2 aromatic rings. The molecule has 0 atom stereocenters. The minimum atomic E-state index is -0.498. The maximum Gasteiger partial charge on any atom is 0.311 e. The number of rotatable bonds is 9. The van der Waals surface area contributed by atoms with Crippen molar-refractivity contribution in [2.24, 2.45) is 0 Å². The minimum Gasteiger partial charge on any atom is -0.492 e. The highest BCUT2D eigenvalue weighted by atomic mass is 35.5. The number of aromatic nitrogens is 2. The van der Waals surface area contributed by atoms with Crippen LogP contribution in [0.3, 0.4) is 0 Å². The summed E-state index contributed by atoms with van der Waals surface area (Å²) in [5, 5.41) is 3.58. The maximum atomic E-state index is 11.9. The van der Waals surface area contributed by atoms with Crippen LogP contribution in [0.5, 0.6) is 5.75 Å². The molecule has 0 spiro atoms. The van der Waals surface area contributed by atoms with Crippen LogP contribution >= 0.6 is 23.4 Å². The predicted molar refractivity (Wildman–Crippen MR) is 101 cm³/mol. The van der Waals surface area contributed by atoms with Crippen molar-refractivity contribution in [3.63, 3.8) is 0 Å². The maximum absolute atomic E-state index is 11.9. The fraction of sp³-hybridized carbons (Fsp3) is 0.294. The van der Waals surface area contributed by atoms with E-state index in [1.807, 2.05) is 0 Å². The molecule has 144 valence electrons. The number of ether oxygens (including phenoxy) is 2. The molecule has 0 aliphatic carbocycles. The molecule has 0 bridgehead atoms. The lowest BCUT2D eigenvalue weighted by molar-refractivity contribution is -0.139. The first kappa shape index (κ1) is 20.8. The number of carbonyl (C=O) groups excluding carboxylic acids is 2. The number of halogens is 1. The third-order valence-electron chi connectivity index (χ3n) is 3.17.